The molecule has 1 amide bonds. The van der Waals surface area contributed by atoms with Gasteiger partial charge in [-0.3, -0.25) is 14.9 Å². The van der Waals surface area contributed by atoms with Crippen LogP contribution in [0.15, 0.2) is 36.4 Å². The van der Waals surface area contributed by atoms with Crippen LogP contribution in [0.25, 0.3) is 0 Å². The minimum Gasteiger partial charge on any atom is -0.502 e. The molecule has 7 heteroatoms. The van der Waals surface area contributed by atoms with Gasteiger partial charge >= 0.3 is 5.69 Å². The first-order valence-corrected chi connectivity index (χ1v) is 5.94. The summed E-state index contributed by atoms with van der Waals surface area (Å²) in [6, 6.07) is 7.51. The molecule has 0 heterocycles. The largest absolute Gasteiger partial charge is 0.502 e. The van der Waals surface area contributed by atoms with E-state index >= 15 is 0 Å². The topological polar surface area (TPSA) is 92.5 Å². The SMILES string of the molecule is Cc1cccc(F)c1NC(=O)c1ccc([N+](=O)[O-])c(O)c1. The normalized spacial score (nSPS) is 10.2. The summed E-state index contributed by atoms with van der Waals surface area (Å²) < 4.78 is 13.6. The molecule has 2 aromatic rings. The van der Waals surface area contributed by atoms with Crippen LogP contribution in [0.1, 0.15) is 15.9 Å². The van der Waals surface area contributed by atoms with Gasteiger partial charge in [0, 0.05) is 11.6 Å². The Kier molecular flexibility index (Phi) is 3.84. The van der Waals surface area contributed by atoms with Crippen LogP contribution in [0.2, 0.25) is 0 Å². The number of nitro groups is 1. The van der Waals surface area contributed by atoms with Gasteiger partial charge in [-0.15, -0.1) is 0 Å². The highest BCUT2D eigenvalue weighted by molar-refractivity contribution is 6.05. The Morgan fingerprint density at radius 3 is 2.62 bits per heavy atom. The van der Waals surface area contributed by atoms with Crippen LogP contribution in [-0.4, -0.2) is 15.9 Å². The minimum atomic E-state index is -0.766. The van der Waals surface area contributed by atoms with Gasteiger partial charge in [-0.1, -0.05) is 12.1 Å². The van der Waals surface area contributed by atoms with Crippen LogP contribution in [0.3, 0.4) is 0 Å². The lowest BCUT2D eigenvalue weighted by Gasteiger charge is -2.09. The number of anilines is 1. The van der Waals surface area contributed by atoms with Crippen molar-refractivity contribution >= 4 is 17.3 Å². The quantitative estimate of drug-likeness (QED) is 0.671. The second-order valence-electron chi connectivity index (χ2n) is 4.35. The van der Waals surface area contributed by atoms with Crippen molar-refractivity contribution in [1.82, 2.24) is 0 Å². The van der Waals surface area contributed by atoms with E-state index in [1.807, 2.05) is 0 Å². The number of para-hydroxylation sites is 1. The second kappa shape index (κ2) is 5.58. The molecule has 2 N–H and O–H groups in total. The summed E-state index contributed by atoms with van der Waals surface area (Å²) in [6.07, 6.45) is 0. The molecule has 0 spiro atoms. The third-order valence-electron chi connectivity index (χ3n) is 2.89. The van der Waals surface area contributed by atoms with Crippen molar-refractivity contribution in [1.29, 1.82) is 0 Å². The van der Waals surface area contributed by atoms with Gasteiger partial charge in [0.15, 0.2) is 5.75 Å². The van der Waals surface area contributed by atoms with E-state index < -0.39 is 28.1 Å². The van der Waals surface area contributed by atoms with Crippen LogP contribution in [0, 0.1) is 22.9 Å². The van der Waals surface area contributed by atoms with Gasteiger partial charge in [-0.2, -0.15) is 0 Å². The van der Waals surface area contributed by atoms with Gasteiger partial charge < -0.3 is 10.4 Å². The molecule has 0 saturated heterocycles. The Balaban J connectivity index is 2.29. The maximum Gasteiger partial charge on any atom is 0.310 e. The number of benzene rings is 2. The van der Waals surface area contributed by atoms with Crippen molar-refractivity contribution < 1.29 is 19.2 Å². The monoisotopic (exact) mass is 290 g/mol. The summed E-state index contributed by atoms with van der Waals surface area (Å²) >= 11 is 0. The number of hydrogen-bond donors (Lipinski definition) is 2. The van der Waals surface area contributed by atoms with E-state index in [0.29, 0.717) is 5.56 Å². The predicted octanol–water partition coefficient (Wildman–Crippen LogP) is 3.00. The number of phenolic OH excluding ortho intramolecular Hbond substituents is 1. The number of nitrogens with one attached hydrogen (secondary N) is 1. The van der Waals surface area contributed by atoms with Gasteiger partial charge in [0.05, 0.1) is 10.6 Å². The predicted molar refractivity (Wildman–Crippen MR) is 73.9 cm³/mol. The van der Waals surface area contributed by atoms with E-state index in [1.54, 1.807) is 13.0 Å². The molecule has 0 fully saturated rings. The highest BCUT2D eigenvalue weighted by Gasteiger charge is 2.17. The lowest BCUT2D eigenvalue weighted by Crippen LogP contribution is -2.14. The molecule has 0 bridgehead atoms. The van der Waals surface area contributed by atoms with E-state index in [9.17, 15) is 24.4 Å². The zero-order chi connectivity index (χ0) is 15.6. The third kappa shape index (κ3) is 2.97. The number of phenols is 1. The number of amides is 1. The fraction of sp³-hybridized carbons (Fsp3) is 0.0714. The number of hydrogen-bond acceptors (Lipinski definition) is 4. The van der Waals surface area contributed by atoms with Crippen LogP contribution in [-0.2, 0) is 0 Å². The van der Waals surface area contributed by atoms with E-state index in [4.69, 9.17) is 0 Å². The Morgan fingerprint density at radius 1 is 1.33 bits per heavy atom. The maximum atomic E-state index is 13.6. The molecule has 108 valence electrons. The number of rotatable bonds is 3. The molecule has 21 heavy (non-hydrogen) atoms. The first-order chi connectivity index (χ1) is 9.90. The van der Waals surface area contributed by atoms with Gasteiger partial charge in [0.1, 0.15) is 5.82 Å². The molecular formula is C14H11FN2O4. The first kappa shape index (κ1) is 14.4. The zero-order valence-corrected chi connectivity index (χ0v) is 11.0. The van der Waals surface area contributed by atoms with Crippen molar-refractivity contribution in [3.05, 3.63) is 63.5 Å². The summed E-state index contributed by atoms with van der Waals surface area (Å²) in [5.41, 5.74) is 0.0456. The smallest absolute Gasteiger partial charge is 0.310 e. The van der Waals surface area contributed by atoms with Gasteiger partial charge in [-0.05, 0) is 30.7 Å². The first-order valence-electron chi connectivity index (χ1n) is 5.94. The third-order valence-corrected chi connectivity index (χ3v) is 2.89. The highest BCUT2D eigenvalue weighted by Crippen LogP contribution is 2.27. The van der Waals surface area contributed by atoms with Crippen molar-refractivity contribution in [2.75, 3.05) is 5.32 Å². The lowest BCUT2D eigenvalue weighted by atomic mass is 10.1. The molecule has 0 atom stereocenters. The number of aryl methyl sites for hydroxylation is 1. The number of carbonyl (C=O) groups excluding carboxylic acids is 1. The van der Waals surface area contributed by atoms with Crippen LogP contribution in [0.4, 0.5) is 15.8 Å². The number of nitrogens with zero attached hydrogens (tertiary/aromatic N) is 1. The molecule has 0 radical (unpaired) electrons. The number of carbonyl (C=O) groups is 1. The lowest BCUT2D eigenvalue weighted by molar-refractivity contribution is -0.385. The van der Waals surface area contributed by atoms with Crippen LogP contribution in [0.5, 0.6) is 5.75 Å². The molecule has 0 saturated carbocycles. The summed E-state index contributed by atoms with van der Waals surface area (Å²) in [5, 5.41) is 22.4. The number of aromatic hydroxyl groups is 1. The van der Waals surface area contributed by atoms with Crippen LogP contribution >= 0.6 is 0 Å². The van der Waals surface area contributed by atoms with E-state index in [2.05, 4.69) is 5.32 Å². The zero-order valence-electron chi connectivity index (χ0n) is 11.0. The van der Waals surface area contributed by atoms with Gasteiger partial charge in [0.2, 0.25) is 0 Å². The van der Waals surface area contributed by atoms with Crippen molar-refractivity contribution in [3.63, 3.8) is 0 Å². The molecule has 0 aliphatic heterocycles. The molecule has 2 rings (SSSR count). The average molecular weight is 290 g/mol. The Labute approximate surface area is 119 Å². The molecule has 6 nitrogen and oxygen atoms in total. The average Bonchev–Trinajstić information content (AvgIpc) is 2.42. The Hall–Kier alpha value is -2.96. The Bertz CT molecular complexity index is 711. The molecule has 2 aromatic carbocycles. The molecule has 0 aliphatic rings. The molecule has 0 unspecified atom stereocenters. The van der Waals surface area contributed by atoms with Crippen molar-refractivity contribution in [2.24, 2.45) is 0 Å². The number of halogens is 1. The summed E-state index contributed by atoms with van der Waals surface area (Å²) in [5.74, 6) is -1.89. The van der Waals surface area contributed by atoms with Gasteiger partial charge in [-0.25, -0.2) is 4.39 Å². The minimum absolute atomic E-state index is 0.0132. The summed E-state index contributed by atoms with van der Waals surface area (Å²) in [4.78, 5) is 21.8. The standard InChI is InChI=1S/C14H11FN2O4/c1-8-3-2-4-10(15)13(8)16-14(19)9-5-6-11(17(20)21)12(18)7-9/h2-7,18H,1H3,(H,16,19). The van der Waals surface area contributed by atoms with Crippen LogP contribution < -0.4 is 5.32 Å². The molecule has 0 aliphatic carbocycles. The van der Waals surface area contributed by atoms with E-state index in [1.165, 1.54) is 18.2 Å². The van der Waals surface area contributed by atoms with Gasteiger partial charge in [0.25, 0.3) is 5.91 Å². The second-order valence-corrected chi connectivity index (χ2v) is 4.35. The molecule has 0 aromatic heterocycles. The molecular weight excluding hydrogens is 279 g/mol. The summed E-state index contributed by atoms with van der Waals surface area (Å²) in [6.45, 7) is 1.63. The maximum absolute atomic E-state index is 13.6. The fourth-order valence-electron chi connectivity index (χ4n) is 1.80. The van der Waals surface area contributed by atoms with Crippen molar-refractivity contribution in [3.8, 4) is 5.75 Å². The number of nitro benzene ring substituents is 1. The fourth-order valence-corrected chi connectivity index (χ4v) is 1.80. The highest BCUT2D eigenvalue weighted by atomic mass is 19.1. The van der Waals surface area contributed by atoms with E-state index in [-0.39, 0.29) is 11.3 Å². The summed E-state index contributed by atoms with van der Waals surface area (Å²) in [7, 11) is 0. The van der Waals surface area contributed by atoms with Crippen molar-refractivity contribution in [2.45, 2.75) is 6.92 Å². The Morgan fingerprint density at radius 2 is 2.05 bits per heavy atom. The van der Waals surface area contributed by atoms with E-state index in [0.717, 1.165) is 12.1 Å².